The number of benzene rings is 1. The third kappa shape index (κ3) is 4.59. The second kappa shape index (κ2) is 8.56. The standard InChI is InChI=1S/C20H24ClN5O2/c1-13-8-14(2)18(15(3)9-13)22-12-17(27)25-4-6-26(7-5-25)19(28)16-10-23-20(21)24-11-16/h8-11,22H,4-7,12H2,1-3H3. The molecule has 1 saturated heterocycles. The molecule has 7 nitrogen and oxygen atoms in total. The van der Waals surface area contributed by atoms with Gasteiger partial charge in [0.15, 0.2) is 0 Å². The molecule has 2 amide bonds. The normalized spacial score (nSPS) is 14.1. The Morgan fingerprint density at radius 2 is 1.54 bits per heavy atom. The molecule has 28 heavy (non-hydrogen) atoms. The maximum Gasteiger partial charge on any atom is 0.257 e. The summed E-state index contributed by atoms with van der Waals surface area (Å²) in [4.78, 5) is 36.2. The molecule has 2 aromatic rings. The van der Waals surface area contributed by atoms with E-state index in [2.05, 4.69) is 34.3 Å². The van der Waals surface area contributed by atoms with E-state index < -0.39 is 0 Å². The molecule has 148 valence electrons. The van der Waals surface area contributed by atoms with E-state index in [1.165, 1.54) is 18.0 Å². The summed E-state index contributed by atoms with van der Waals surface area (Å²) in [5.41, 5.74) is 4.88. The van der Waals surface area contributed by atoms with Crippen LogP contribution < -0.4 is 5.32 Å². The lowest BCUT2D eigenvalue weighted by molar-refractivity contribution is -0.130. The lowest BCUT2D eigenvalue weighted by Crippen LogP contribution is -2.51. The zero-order valence-electron chi connectivity index (χ0n) is 16.3. The van der Waals surface area contributed by atoms with Gasteiger partial charge in [0.05, 0.1) is 12.1 Å². The summed E-state index contributed by atoms with van der Waals surface area (Å²) in [7, 11) is 0. The van der Waals surface area contributed by atoms with Gasteiger partial charge in [0.25, 0.3) is 5.91 Å². The first-order valence-corrected chi connectivity index (χ1v) is 9.59. The number of nitrogens with one attached hydrogen (secondary N) is 1. The van der Waals surface area contributed by atoms with E-state index >= 15 is 0 Å². The minimum Gasteiger partial charge on any atom is -0.376 e. The van der Waals surface area contributed by atoms with Crippen molar-refractivity contribution in [3.63, 3.8) is 0 Å². The van der Waals surface area contributed by atoms with Gasteiger partial charge in [-0.1, -0.05) is 17.7 Å². The van der Waals surface area contributed by atoms with Crippen LogP contribution in [0.4, 0.5) is 5.69 Å². The second-order valence-corrected chi connectivity index (χ2v) is 7.38. The van der Waals surface area contributed by atoms with Gasteiger partial charge in [-0.15, -0.1) is 0 Å². The highest BCUT2D eigenvalue weighted by Gasteiger charge is 2.25. The Hall–Kier alpha value is -2.67. The van der Waals surface area contributed by atoms with E-state index in [1.54, 1.807) is 9.80 Å². The molecule has 8 heteroatoms. The predicted molar refractivity (Wildman–Crippen MR) is 109 cm³/mol. The fourth-order valence-electron chi connectivity index (χ4n) is 3.50. The summed E-state index contributed by atoms with van der Waals surface area (Å²) in [6, 6.07) is 4.20. The van der Waals surface area contributed by atoms with Crippen molar-refractivity contribution in [2.24, 2.45) is 0 Å². The smallest absolute Gasteiger partial charge is 0.257 e. The zero-order chi connectivity index (χ0) is 20.3. The molecule has 0 atom stereocenters. The molecule has 0 radical (unpaired) electrons. The van der Waals surface area contributed by atoms with Crippen LogP contribution in [-0.4, -0.2) is 64.3 Å². The van der Waals surface area contributed by atoms with Gasteiger partial charge in [0.2, 0.25) is 11.2 Å². The van der Waals surface area contributed by atoms with Gasteiger partial charge in [0.1, 0.15) is 0 Å². The van der Waals surface area contributed by atoms with Crippen molar-refractivity contribution in [1.29, 1.82) is 0 Å². The number of piperazine rings is 1. The van der Waals surface area contributed by atoms with E-state index in [1.807, 2.05) is 13.8 Å². The number of aromatic nitrogens is 2. The minimum atomic E-state index is -0.146. The molecule has 0 saturated carbocycles. The Balaban J connectivity index is 1.53. The first kappa shape index (κ1) is 20.1. The lowest BCUT2D eigenvalue weighted by Gasteiger charge is -2.35. The highest BCUT2D eigenvalue weighted by atomic mass is 35.5. The Kier molecular flexibility index (Phi) is 6.14. The molecule has 1 aromatic heterocycles. The number of rotatable bonds is 4. The second-order valence-electron chi connectivity index (χ2n) is 7.04. The van der Waals surface area contributed by atoms with Gasteiger partial charge in [-0.25, -0.2) is 9.97 Å². The monoisotopic (exact) mass is 401 g/mol. The number of aryl methyl sites for hydroxylation is 3. The molecule has 0 aliphatic carbocycles. The summed E-state index contributed by atoms with van der Waals surface area (Å²) < 4.78 is 0. The minimum absolute atomic E-state index is 0.0290. The highest BCUT2D eigenvalue weighted by Crippen LogP contribution is 2.21. The molecule has 1 fully saturated rings. The Morgan fingerprint density at radius 1 is 1.00 bits per heavy atom. The number of nitrogens with zero attached hydrogens (tertiary/aromatic N) is 4. The number of carbonyl (C=O) groups excluding carboxylic acids is 2. The molecular formula is C20H24ClN5O2. The SMILES string of the molecule is Cc1cc(C)c(NCC(=O)N2CCN(C(=O)c3cnc(Cl)nc3)CC2)c(C)c1. The Labute approximate surface area is 169 Å². The average Bonchev–Trinajstić information content (AvgIpc) is 2.67. The number of halogens is 1. The summed E-state index contributed by atoms with van der Waals surface area (Å²) in [6.45, 7) is 8.36. The van der Waals surface area contributed by atoms with Crippen LogP contribution in [0.2, 0.25) is 5.28 Å². The number of hydrogen-bond donors (Lipinski definition) is 1. The first-order chi connectivity index (χ1) is 13.3. The van der Waals surface area contributed by atoms with Crippen LogP contribution in [0, 0.1) is 20.8 Å². The Morgan fingerprint density at radius 3 is 2.11 bits per heavy atom. The number of anilines is 1. The molecule has 0 bridgehead atoms. The van der Waals surface area contributed by atoms with Crippen LogP contribution in [0.1, 0.15) is 27.0 Å². The van der Waals surface area contributed by atoms with Gasteiger partial charge in [-0.2, -0.15) is 0 Å². The van der Waals surface area contributed by atoms with Gasteiger partial charge in [0, 0.05) is 44.3 Å². The summed E-state index contributed by atoms with van der Waals surface area (Å²) in [5, 5.41) is 3.38. The van der Waals surface area contributed by atoms with Crippen molar-refractivity contribution in [2.45, 2.75) is 20.8 Å². The number of carbonyl (C=O) groups is 2. The predicted octanol–water partition coefficient (Wildman–Crippen LogP) is 2.45. The van der Waals surface area contributed by atoms with Crippen molar-refractivity contribution in [3.05, 3.63) is 52.1 Å². The zero-order valence-corrected chi connectivity index (χ0v) is 17.1. The van der Waals surface area contributed by atoms with Crippen LogP contribution in [0.15, 0.2) is 24.5 Å². The molecule has 1 N–H and O–H groups in total. The molecular weight excluding hydrogens is 378 g/mol. The van der Waals surface area contributed by atoms with Gasteiger partial charge in [-0.3, -0.25) is 9.59 Å². The fraction of sp³-hybridized carbons (Fsp3) is 0.400. The topological polar surface area (TPSA) is 78.4 Å². The maximum absolute atomic E-state index is 12.6. The van der Waals surface area contributed by atoms with Crippen molar-refractivity contribution in [1.82, 2.24) is 19.8 Å². The lowest BCUT2D eigenvalue weighted by atomic mass is 10.1. The maximum atomic E-state index is 12.6. The summed E-state index contributed by atoms with van der Waals surface area (Å²) in [5.74, 6) is -0.117. The van der Waals surface area contributed by atoms with Crippen LogP contribution in [0.3, 0.4) is 0 Å². The van der Waals surface area contributed by atoms with Crippen LogP contribution in [0.5, 0.6) is 0 Å². The van der Waals surface area contributed by atoms with E-state index in [0.717, 1.165) is 16.8 Å². The number of amides is 2. The molecule has 0 unspecified atom stereocenters. The quantitative estimate of drug-likeness (QED) is 0.796. The van der Waals surface area contributed by atoms with E-state index in [4.69, 9.17) is 11.6 Å². The summed E-state index contributed by atoms with van der Waals surface area (Å²) in [6.07, 6.45) is 2.84. The first-order valence-electron chi connectivity index (χ1n) is 9.21. The van der Waals surface area contributed by atoms with Gasteiger partial charge >= 0.3 is 0 Å². The van der Waals surface area contributed by atoms with E-state index in [9.17, 15) is 9.59 Å². The van der Waals surface area contributed by atoms with Crippen molar-refractivity contribution >= 4 is 29.1 Å². The molecule has 1 aromatic carbocycles. The van der Waals surface area contributed by atoms with E-state index in [0.29, 0.717) is 31.7 Å². The third-order valence-electron chi connectivity index (χ3n) is 4.88. The fourth-order valence-corrected chi connectivity index (χ4v) is 3.60. The Bertz CT molecular complexity index is 854. The number of hydrogen-bond acceptors (Lipinski definition) is 5. The largest absolute Gasteiger partial charge is 0.376 e. The summed E-state index contributed by atoms with van der Waals surface area (Å²) >= 11 is 5.66. The molecule has 0 spiro atoms. The van der Waals surface area contributed by atoms with Crippen molar-refractivity contribution in [2.75, 3.05) is 38.0 Å². The molecule has 3 rings (SSSR count). The van der Waals surface area contributed by atoms with Gasteiger partial charge in [-0.05, 0) is 43.5 Å². The van der Waals surface area contributed by atoms with Crippen LogP contribution >= 0.6 is 11.6 Å². The molecule has 2 heterocycles. The molecule has 1 aliphatic rings. The third-order valence-corrected chi connectivity index (χ3v) is 5.08. The highest BCUT2D eigenvalue weighted by molar-refractivity contribution is 6.28. The van der Waals surface area contributed by atoms with Crippen molar-refractivity contribution < 1.29 is 9.59 Å². The van der Waals surface area contributed by atoms with Crippen LogP contribution in [0.25, 0.3) is 0 Å². The van der Waals surface area contributed by atoms with Crippen LogP contribution in [-0.2, 0) is 4.79 Å². The molecule has 1 aliphatic heterocycles. The van der Waals surface area contributed by atoms with Gasteiger partial charge < -0.3 is 15.1 Å². The van der Waals surface area contributed by atoms with E-state index in [-0.39, 0.29) is 23.6 Å². The van der Waals surface area contributed by atoms with Crippen molar-refractivity contribution in [3.8, 4) is 0 Å². The average molecular weight is 402 g/mol.